The van der Waals surface area contributed by atoms with Crippen molar-refractivity contribution in [1.29, 1.82) is 0 Å². The summed E-state index contributed by atoms with van der Waals surface area (Å²) in [4.78, 5) is 32.8. The van der Waals surface area contributed by atoms with Gasteiger partial charge in [-0.05, 0) is 41.3 Å². The molecule has 7 heteroatoms. The number of methoxy groups -OCH3 is 1. The van der Waals surface area contributed by atoms with Gasteiger partial charge in [0.2, 0.25) is 5.91 Å². The normalized spacial score (nSPS) is 18.2. The molecule has 30 heavy (non-hydrogen) atoms. The Morgan fingerprint density at radius 3 is 2.80 bits per heavy atom. The molecule has 0 bridgehead atoms. The second-order valence-corrected chi connectivity index (χ2v) is 8.16. The van der Waals surface area contributed by atoms with Crippen molar-refractivity contribution in [3.05, 3.63) is 82.3 Å². The first-order chi connectivity index (χ1) is 14.7. The number of benzene rings is 1. The van der Waals surface area contributed by atoms with Gasteiger partial charge in [-0.15, -0.1) is 11.3 Å². The Kier molecular flexibility index (Phi) is 6.09. The van der Waals surface area contributed by atoms with Crippen molar-refractivity contribution >= 4 is 23.2 Å². The number of carbonyl (C=O) groups is 2. The molecule has 4 rings (SSSR count). The highest BCUT2D eigenvalue weighted by atomic mass is 32.1. The summed E-state index contributed by atoms with van der Waals surface area (Å²) in [6, 6.07) is 17.0. The largest absolute Gasteiger partial charge is 0.497 e. The van der Waals surface area contributed by atoms with Crippen molar-refractivity contribution in [3.63, 3.8) is 0 Å². The quantitative estimate of drug-likeness (QED) is 0.663. The monoisotopic (exact) mass is 421 g/mol. The Hall–Kier alpha value is -3.19. The first-order valence-electron chi connectivity index (χ1n) is 9.80. The Labute approximate surface area is 179 Å². The Morgan fingerprint density at radius 1 is 1.17 bits per heavy atom. The molecule has 2 atom stereocenters. The smallest absolute Gasteiger partial charge is 0.263 e. The van der Waals surface area contributed by atoms with Crippen LogP contribution >= 0.6 is 11.3 Å². The molecule has 0 spiro atoms. The molecule has 1 fully saturated rings. The third kappa shape index (κ3) is 4.36. The number of nitrogens with one attached hydrogen (secondary N) is 1. The van der Waals surface area contributed by atoms with Gasteiger partial charge in [0.15, 0.2) is 0 Å². The molecule has 1 aliphatic heterocycles. The fourth-order valence-corrected chi connectivity index (χ4v) is 4.50. The van der Waals surface area contributed by atoms with E-state index in [1.165, 1.54) is 11.3 Å². The Balaban J connectivity index is 1.55. The molecule has 1 N–H and O–H groups in total. The third-order valence-electron chi connectivity index (χ3n) is 5.37. The number of hydrogen-bond donors (Lipinski definition) is 1. The average Bonchev–Trinajstić information content (AvgIpc) is 3.48. The number of pyridine rings is 1. The van der Waals surface area contributed by atoms with Gasteiger partial charge in [0.1, 0.15) is 5.75 Å². The van der Waals surface area contributed by atoms with E-state index in [1.54, 1.807) is 18.2 Å². The van der Waals surface area contributed by atoms with Gasteiger partial charge in [-0.1, -0.05) is 24.3 Å². The fourth-order valence-electron chi connectivity index (χ4n) is 3.81. The van der Waals surface area contributed by atoms with Crippen molar-refractivity contribution in [2.45, 2.75) is 12.5 Å². The minimum Gasteiger partial charge on any atom is -0.497 e. The van der Waals surface area contributed by atoms with E-state index >= 15 is 0 Å². The van der Waals surface area contributed by atoms with Gasteiger partial charge in [0.25, 0.3) is 5.91 Å². The minimum atomic E-state index is -0.343. The highest BCUT2D eigenvalue weighted by Gasteiger charge is 2.40. The summed E-state index contributed by atoms with van der Waals surface area (Å²) >= 11 is 1.42. The molecule has 6 nitrogen and oxygen atoms in total. The van der Waals surface area contributed by atoms with Crippen molar-refractivity contribution in [2.75, 3.05) is 20.2 Å². The molecule has 0 aliphatic carbocycles. The lowest BCUT2D eigenvalue weighted by molar-refractivity contribution is -0.125. The van der Waals surface area contributed by atoms with Gasteiger partial charge < -0.3 is 15.0 Å². The number of rotatable bonds is 6. The molecule has 3 heterocycles. The number of ether oxygens (including phenoxy) is 1. The predicted octanol–water partition coefficient (Wildman–Crippen LogP) is 3.32. The van der Waals surface area contributed by atoms with E-state index in [9.17, 15) is 9.59 Å². The Morgan fingerprint density at radius 2 is 2.07 bits per heavy atom. The zero-order valence-electron chi connectivity index (χ0n) is 16.7. The zero-order chi connectivity index (χ0) is 20.9. The summed E-state index contributed by atoms with van der Waals surface area (Å²) in [6.07, 6.45) is 1.71. The molecular weight excluding hydrogens is 398 g/mol. The van der Waals surface area contributed by atoms with Crippen LogP contribution in [0.5, 0.6) is 5.75 Å². The molecule has 1 aliphatic rings. The van der Waals surface area contributed by atoms with Gasteiger partial charge >= 0.3 is 0 Å². The zero-order valence-corrected chi connectivity index (χ0v) is 17.5. The lowest BCUT2D eigenvalue weighted by atomic mass is 9.88. The first-order valence-corrected chi connectivity index (χ1v) is 10.7. The number of hydrogen-bond acceptors (Lipinski definition) is 5. The van der Waals surface area contributed by atoms with Crippen molar-refractivity contribution in [3.8, 4) is 5.75 Å². The van der Waals surface area contributed by atoms with Crippen LogP contribution in [0.4, 0.5) is 0 Å². The van der Waals surface area contributed by atoms with Gasteiger partial charge in [-0.2, -0.15) is 0 Å². The highest BCUT2D eigenvalue weighted by Crippen LogP contribution is 2.35. The maximum Gasteiger partial charge on any atom is 0.263 e. The van der Waals surface area contributed by atoms with Crippen LogP contribution in [0, 0.1) is 5.92 Å². The molecule has 0 saturated carbocycles. The second-order valence-electron chi connectivity index (χ2n) is 7.22. The van der Waals surface area contributed by atoms with E-state index in [1.807, 2.05) is 60.0 Å². The standard InChI is InChI=1S/C23H23N3O3S/c1-29-18-8-4-6-16(12-18)19-14-26(23(28)21-9-5-11-30-21)15-20(19)22(27)25-13-17-7-2-3-10-24-17/h2-12,19-20H,13-15H2,1H3,(H,25,27). The lowest BCUT2D eigenvalue weighted by Gasteiger charge is -2.18. The third-order valence-corrected chi connectivity index (χ3v) is 6.23. The van der Waals surface area contributed by atoms with Crippen LogP contribution < -0.4 is 10.1 Å². The van der Waals surface area contributed by atoms with E-state index in [4.69, 9.17) is 4.74 Å². The summed E-state index contributed by atoms with van der Waals surface area (Å²) < 4.78 is 5.36. The molecule has 2 unspecified atom stereocenters. The molecule has 1 saturated heterocycles. The minimum absolute atomic E-state index is 0.0297. The fraction of sp³-hybridized carbons (Fsp3) is 0.261. The van der Waals surface area contributed by atoms with Crippen LogP contribution in [-0.2, 0) is 11.3 Å². The number of carbonyl (C=O) groups excluding carboxylic acids is 2. The average molecular weight is 422 g/mol. The van der Waals surface area contributed by atoms with Crippen LogP contribution in [0.2, 0.25) is 0 Å². The molecular formula is C23H23N3O3S. The van der Waals surface area contributed by atoms with Gasteiger partial charge in [0.05, 0.1) is 30.1 Å². The van der Waals surface area contributed by atoms with Gasteiger partial charge in [0, 0.05) is 25.2 Å². The van der Waals surface area contributed by atoms with Gasteiger partial charge in [-0.25, -0.2) is 0 Å². The van der Waals surface area contributed by atoms with Crippen LogP contribution in [-0.4, -0.2) is 41.9 Å². The van der Waals surface area contributed by atoms with Crippen LogP contribution in [0.1, 0.15) is 26.8 Å². The Bertz CT molecular complexity index is 1010. The van der Waals surface area contributed by atoms with Crippen molar-refractivity contribution in [2.24, 2.45) is 5.92 Å². The van der Waals surface area contributed by atoms with E-state index in [0.717, 1.165) is 17.0 Å². The molecule has 1 aromatic carbocycles. The maximum atomic E-state index is 13.1. The van der Waals surface area contributed by atoms with E-state index in [2.05, 4.69) is 10.3 Å². The number of aromatic nitrogens is 1. The number of thiophene rings is 1. The number of likely N-dealkylation sites (tertiary alicyclic amines) is 1. The van der Waals surface area contributed by atoms with Gasteiger partial charge in [-0.3, -0.25) is 14.6 Å². The summed E-state index contributed by atoms with van der Waals surface area (Å²) in [5.74, 6) is 0.188. The van der Waals surface area contributed by atoms with E-state index in [-0.39, 0.29) is 23.7 Å². The number of amides is 2. The second kappa shape index (κ2) is 9.09. The van der Waals surface area contributed by atoms with Crippen LogP contribution in [0.15, 0.2) is 66.2 Å². The van der Waals surface area contributed by atoms with Crippen LogP contribution in [0.3, 0.4) is 0 Å². The lowest BCUT2D eigenvalue weighted by Crippen LogP contribution is -2.35. The summed E-state index contributed by atoms with van der Waals surface area (Å²) in [6.45, 7) is 1.23. The summed E-state index contributed by atoms with van der Waals surface area (Å²) in [7, 11) is 1.62. The topological polar surface area (TPSA) is 71.5 Å². The molecule has 3 aromatic rings. The number of nitrogens with zero attached hydrogens (tertiary/aromatic N) is 2. The van der Waals surface area contributed by atoms with Crippen molar-refractivity contribution < 1.29 is 14.3 Å². The molecule has 0 radical (unpaired) electrons. The first kappa shape index (κ1) is 20.1. The SMILES string of the molecule is COc1cccc(C2CN(C(=O)c3cccs3)CC2C(=O)NCc2ccccn2)c1. The van der Waals surface area contributed by atoms with Crippen molar-refractivity contribution in [1.82, 2.24) is 15.2 Å². The van der Waals surface area contributed by atoms with Crippen LogP contribution in [0.25, 0.3) is 0 Å². The maximum absolute atomic E-state index is 13.1. The molecule has 2 aromatic heterocycles. The summed E-state index contributed by atoms with van der Waals surface area (Å²) in [5, 5.41) is 4.88. The molecule has 154 valence electrons. The highest BCUT2D eigenvalue weighted by molar-refractivity contribution is 7.12. The molecule has 2 amide bonds. The predicted molar refractivity (Wildman–Crippen MR) is 116 cm³/mol. The summed E-state index contributed by atoms with van der Waals surface area (Å²) in [5.41, 5.74) is 1.79. The van der Waals surface area contributed by atoms with E-state index < -0.39 is 0 Å². The van der Waals surface area contributed by atoms with E-state index in [0.29, 0.717) is 24.5 Å².